The number of carbonyl (C=O) groups is 1. The molecule has 3 unspecified atom stereocenters. The van der Waals surface area contributed by atoms with Gasteiger partial charge in [-0.3, -0.25) is 4.79 Å². The minimum atomic E-state index is -1.07. The van der Waals surface area contributed by atoms with Crippen LogP contribution in [0.3, 0.4) is 0 Å². The van der Waals surface area contributed by atoms with Gasteiger partial charge in [0.2, 0.25) is 5.72 Å². The van der Waals surface area contributed by atoms with E-state index < -0.39 is 5.72 Å². The molecule has 5 nitrogen and oxygen atoms in total. The largest absolute Gasteiger partial charge is 0.433 e. The molecule has 0 aromatic heterocycles. The topological polar surface area (TPSA) is 59.0 Å². The monoisotopic (exact) mass is 198 g/mol. The van der Waals surface area contributed by atoms with Gasteiger partial charge in [0, 0.05) is 25.4 Å². The van der Waals surface area contributed by atoms with Crippen LogP contribution in [-0.4, -0.2) is 36.2 Å². The molecule has 3 atom stereocenters. The van der Waals surface area contributed by atoms with Gasteiger partial charge in [-0.15, -0.1) is 4.91 Å². The van der Waals surface area contributed by atoms with Gasteiger partial charge in [-0.2, -0.15) is 0 Å². The van der Waals surface area contributed by atoms with Gasteiger partial charge in [-0.1, -0.05) is 6.92 Å². The van der Waals surface area contributed by atoms with E-state index in [2.05, 4.69) is 10.1 Å². The molecule has 14 heavy (non-hydrogen) atoms. The number of hydrogen-bond acceptors (Lipinski definition) is 5. The Labute approximate surface area is 82.4 Å². The van der Waals surface area contributed by atoms with Gasteiger partial charge in [-0.25, -0.2) is 0 Å². The summed E-state index contributed by atoms with van der Waals surface area (Å²) in [5.41, 5.74) is -1.07. The quantitative estimate of drug-likeness (QED) is 0.460. The molecule has 5 heteroatoms. The molecule has 0 radical (unpaired) electrons. The summed E-state index contributed by atoms with van der Waals surface area (Å²) in [4.78, 5) is 24.3. The maximum atomic E-state index is 11.5. The lowest BCUT2D eigenvalue weighted by atomic mass is 9.84. The molecule has 2 heterocycles. The van der Waals surface area contributed by atoms with E-state index in [1.807, 2.05) is 14.0 Å². The van der Waals surface area contributed by atoms with Gasteiger partial charge < -0.3 is 9.64 Å². The number of carbonyl (C=O) groups excluding carboxylic acids is 1. The van der Waals surface area contributed by atoms with E-state index >= 15 is 0 Å². The molecule has 0 spiro atoms. The fourth-order valence-corrected chi connectivity index (χ4v) is 2.29. The van der Waals surface area contributed by atoms with Crippen LogP contribution in [0.2, 0.25) is 0 Å². The lowest BCUT2D eigenvalue weighted by Crippen LogP contribution is -2.58. The standard InChI is InChI=1S/C9H14N2O3/c1-6-7-5-9(10-13,14-8(6)12)3-4-11(7)2/h6-7H,3-5H2,1-2H3. The van der Waals surface area contributed by atoms with E-state index in [1.165, 1.54) is 0 Å². The Hall–Kier alpha value is -0.970. The smallest absolute Gasteiger partial charge is 0.312 e. The van der Waals surface area contributed by atoms with Crippen LogP contribution >= 0.6 is 0 Å². The molecule has 0 aromatic rings. The first-order valence-corrected chi connectivity index (χ1v) is 4.85. The predicted molar refractivity (Wildman–Crippen MR) is 49.4 cm³/mol. The van der Waals surface area contributed by atoms with Crippen molar-refractivity contribution in [1.29, 1.82) is 0 Å². The molecule has 2 aliphatic heterocycles. The highest BCUT2D eigenvalue weighted by atomic mass is 16.6. The fourth-order valence-electron chi connectivity index (χ4n) is 2.29. The van der Waals surface area contributed by atoms with Crippen LogP contribution < -0.4 is 0 Å². The number of esters is 1. The summed E-state index contributed by atoms with van der Waals surface area (Å²) in [6.45, 7) is 2.59. The number of ether oxygens (including phenoxy) is 1. The SMILES string of the molecule is CC1C(=O)OC2(N=O)CCN(C)C1C2. The van der Waals surface area contributed by atoms with E-state index in [9.17, 15) is 9.70 Å². The molecule has 2 aliphatic rings. The Kier molecular flexibility index (Phi) is 2.06. The Morgan fingerprint density at radius 3 is 3.00 bits per heavy atom. The fraction of sp³-hybridized carbons (Fsp3) is 0.889. The Morgan fingerprint density at radius 1 is 1.64 bits per heavy atom. The molecule has 0 aliphatic carbocycles. The average Bonchev–Trinajstić information content (AvgIpc) is 2.19. The van der Waals surface area contributed by atoms with Crippen LogP contribution in [0.25, 0.3) is 0 Å². The van der Waals surface area contributed by atoms with Gasteiger partial charge in [0.15, 0.2) is 0 Å². The molecule has 2 saturated heterocycles. The molecule has 78 valence electrons. The molecule has 0 N–H and O–H groups in total. The lowest BCUT2D eigenvalue weighted by Gasteiger charge is -2.46. The number of nitroso groups, excluding NO2 is 1. The predicted octanol–water partition coefficient (Wildman–Crippen LogP) is 0.736. The van der Waals surface area contributed by atoms with E-state index in [0.29, 0.717) is 12.8 Å². The zero-order valence-corrected chi connectivity index (χ0v) is 8.40. The van der Waals surface area contributed by atoms with E-state index in [0.717, 1.165) is 6.54 Å². The number of rotatable bonds is 1. The average molecular weight is 198 g/mol. The summed E-state index contributed by atoms with van der Waals surface area (Å²) >= 11 is 0. The van der Waals surface area contributed by atoms with Crippen molar-refractivity contribution in [3.8, 4) is 0 Å². The third-order valence-electron chi connectivity index (χ3n) is 3.36. The van der Waals surface area contributed by atoms with E-state index in [-0.39, 0.29) is 17.9 Å². The maximum Gasteiger partial charge on any atom is 0.312 e. The van der Waals surface area contributed by atoms with E-state index in [4.69, 9.17) is 4.74 Å². The van der Waals surface area contributed by atoms with Gasteiger partial charge >= 0.3 is 5.97 Å². The van der Waals surface area contributed by atoms with Gasteiger partial charge in [0.1, 0.15) is 0 Å². The summed E-state index contributed by atoms with van der Waals surface area (Å²) < 4.78 is 5.11. The Balaban J connectivity index is 2.28. The van der Waals surface area contributed by atoms with Crippen LogP contribution in [-0.2, 0) is 9.53 Å². The summed E-state index contributed by atoms with van der Waals surface area (Å²) in [6.07, 6.45) is 1.06. The van der Waals surface area contributed by atoms with Gasteiger partial charge in [0.05, 0.1) is 5.92 Å². The third kappa shape index (κ3) is 1.23. The molecule has 0 aromatic carbocycles. The second-order valence-electron chi connectivity index (χ2n) is 4.25. The van der Waals surface area contributed by atoms with Crippen molar-refractivity contribution in [2.75, 3.05) is 13.6 Å². The van der Waals surface area contributed by atoms with Crippen LogP contribution in [0, 0.1) is 10.8 Å². The zero-order chi connectivity index (χ0) is 10.3. The van der Waals surface area contributed by atoms with Gasteiger partial charge in [0.25, 0.3) is 0 Å². The lowest BCUT2D eigenvalue weighted by molar-refractivity contribution is -0.189. The van der Waals surface area contributed by atoms with Crippen molar-refractivity contribution < 1.29 is 9.53 Å². The number of piperidine rings is 1. The minimum absolute atomic E-state index is 0.0997. The number of nitrogens with zero attached hydrogens (tertiary/aromatic N) is 2. The van der Waals surface area contributed by atoms with Crippen molar-refractivity contribution in [2.45, 2.75) is 31.5 Å². The van der Waals surface area contributed by atoms with Crippen molar-refractivity contribution in [3.05, 3.63) is 4.91 Å². The third-order valence-corrected chi connectivity index (χ3v) is 3.36. The molecule has 0 amide bonds. The number of fused-ring (bicyclic) bond motifs is 2. The zero-order valence-electron chi connectivity index (χ0n) is 8.40. The first-order valence-electron chi connectivity index (χ1n) is 4.85. The summed E-state index contributed by atoms with van der Waals surface area (Å²) in [5.74, 6) is -0.456. The van der Waals surface area contributed by atoms with Crippen LogP contribution in [0.1, 0.15) is 19.8 Å². The molecule has 2 fully saturated rings. The molecule has 2 rings (SSSR count). The molecule has 0 saturated carbocycles. The number of hydrogen-bond donors (Lipinski definition) is 0. The normalized spacial score (nSPS) is 43.1. The highest BCUT2D eigenvalue weighted by Crippen LogP contribution is 2.39. The Bertz CT molecular complexity index is 281. The highest BCUT2D eigenvalue weighted by molar-refractivity contribution is 5.74. The van der Waals surface area contributed by atoms with Crippen molar-refractivity contribution >= 4 is 5.97 Å². The van der Waals surface area contributed by atoms with Gasteiger partial charge in [-0.05, 0) is 12.2 Å². The molecular formula is C9H14N2O3. The summed E-state index contributed by atoms with van der Waals surface area (Å²) in [6, 6.07) is 0.0997. The minimum Gasteiger partial charge on any atom is -0.433 e. The Morgan fingerprint density at radius 2 is 2.36 bits per heavy atom. The van der Waals surface area contributed by atoms with Crippen LogP contribution in [0.5, 0.6) is 0 Å². The van der Waals surface area contributed by atoms with Crippen molar-refractivity contribution in [2.24, 2.45) is 11.1 Å². The van der Waals surface area contributed by atoms with Crippen LogP contribution in [0.4, 0.5) is 0 Å². The number of likely N-dealkylation sites (tertiary alicyclic amines) is 1. The molecule has 2 bridgehead atoms. The van der Waals surface area contributed by atoms with Crippen LogP contribution in [0.15, 0.2) is 5.18 Å². The molecular weight excluding hydrogens is 184 g/mol. The first kappa shape index (κ1) is 9.58. The van der Waals surface area contributed by atoms with Crippen molar-refractivity contribution in [1.82, 2.24) is 4.90 Å². The first-order chi connectivity index (χ1) is 6.58. The van der Waals surface area contributed by atoms with Crippen molar-refractivity contribution in [3.63, 3.8) is 0 Å². The highest BCUT2D eigenvalue weighted by Gasteiger charge is 2.51. The second-order valence-corrected chi connectivity index (χ2v) is 4.25. The summed E-state index contributed by atoms with van der Waals surface area (Å²) in [7, 11) is 1.97. The maximum absolute atomic E-state index is 11.5. The second kappa shape index (κ2) is 3.02. The summed E-state index contributed by atoms with van der Waals surface area (Å²) in [5, 5.41) is 3.00. The van der Waals surface area contributed by atoms with E-state index in [1.54, 1.807) is 0 Å².